The third-order valence-electron chi connectivity index (χ3n) is 5.28. The highest BCUT2D eigenvalue weighted by atomic mass is 16.5. The molecule has 130 valence electrons. The monoisotopic (exact) mass is 339 g/mol. The number of pyridine rings is 1. The van der Waals surface area contributed by atoms with E-state index in [1.54, 1.807) is 23.7 Å². The third kappa shape index (κ3) is 3.10. The summed E-state index contributed by atoms with van der Waals surface area (Å²) in [5, 5.41) is 8.68. The second kappa shape index (κ2) is 6.46. The molecule has 6 heteroatoms. The van der Waals surface area contributed by atoms with Gasteiger partial charge in [0.25, 0.3) is 11.5 Å². The highest BCUT2D eigenvalue weighted by Crippen LogP contribution is 2.35. The second-order valence-electron chi connectivity index (χ2n) is 7.03. The fourth-order valence-corrected chi connectivity index (χ4v) is 4.21. The van der Waals surface area contributed by atoms with E-state index in [1.807, 2.05) is 22.8 Å². The lowest BCUT2D eigenvalue weighted by molar-refractivity contribution is 0.0706. The number of nitrogens with zero attached hydrogens (tertiary/aromatic N) is 2. The van der Waals surface area contributed by atoms with Crippen molar-refractivity contribution < 1.29 is 10.0 Å². The second-order valence-corrected chi connectivity index (χ2v) is 7.03. The lowest BCUT2D eigenvalue weighted by Crippen LogP contribution is -2.46. The zero-order valence-corrected chi connectivity index (χ0v) is 13.9. The predicted molar refractivity (Wildman–Crippen MR) is 92.5 cm³/mol. The first kappa shape index (κ1) is 16.1. The molecule has 1 saturated heterocycles. The van der Waals surface area contributed by atoms with Crippen LogP contribution in [0.1, 0.15) is 34.0 Å². The van der Waals surface area contributed by atoms with Gasteiger partial charge < -0.3 is 4.57 Å². The molecule has 2 aromatic rings. The quantitative estimate of drug-likeness (QED) is 0.658. The zero-order chi connectivity index (χ0) is 17.4. The van der Waals surface area contributed by atoms with Gasteiger partial charge in [0, 0.05) is 49.4 Å². The first-order chi connectivity index (χ1) is 12.1. The molecule has 2 aliphatic rings. The average molecular weight is 339 g/mol. The summed E-state index contributed by atoms with van der Waals surface area (Å²) in [6.07, 6.45) is 1.15. The van der Waals surface area contributed by atoms with Crippen LogP contribution in [0.15, 0.2) is 47.3 Å². The van der Waals surface area contributed by atoms with E-state index in [2.05, 4.69) is 11.0 Å². The standard InChI is InChI=1S/C19H21N3O3/c23-18-3-1-2-17-16-8-14(11-22(17)18)10-21(12-16)9-13-4-6-15(7-5-13)19(24)20-25/h1-7,14,16,25H,8-12H2,(H,20,24)/t14-,16+/m0/s1. The molecule has 1 amide bonds. The van der Waals surface area contributed by atoms with Crippen LogP contribution in [0.4, 0.5) is 0 Å². The van der Waals surface area contributed by atoms with E-state index in [0.29, 0.717) is 17.4 Å². The Balaban J connectivity index is 1.49. The van der Waals surface area contributed by atoms with Gasteiger partial charge in [0.1, 0.15) is 0 Å². The topological polar surface area (TPSA) is 74.6 Å². The SMILES string of the molecule is O=C(NO)c1ccc(CN2C[C@@H]3C[C@H](C2)c2cccc(=O)n2C3)cc1. The number of fused-ring (bicyclic) bond motifs is 4. The number of piperidine rings is 1. The minimum atomic E-state index is -0.499. The molecule has 2 N–H and O–H groups in total. The number of hydrogen-bond acceptors (Lipinski definition) is 4. The molecule has 3 heterocycles. The number of carbonyl (C=O) groups excluding carboxylic acids is 1. The number of benzene rings is 1. The number of aromatic nitrogens is 1. The first-order valence-corrected chi connectivity index (χ1v) is 8.59. The number of amides is 1. The van der Waals surface area contributed by atoms with Gasteiger partial charge in [-0.1, -0.05) is 18.2 Å². The van der Waals surface area contributed by atoms with Crippen molar-refractivity contribution in [1.29, 1.82) is 0 Å². The lowest BCUT2D eigenvalue weighted by Gasteiger charge is -2.42. The van der Waals surface area contributed by atoms with Crippen molar-refractivity contribution in [2.45, 2.75) is 25.4 Å². The van der Waals surface area contributed by atoms with Gasteiger partial charge >= 0.3 is 0 Å². The van der Waals surface area contributed by atoms with Gasteiger partial charge in [-0.15, -0.1) is 0 Å². The summed E-state index contributed by atoms with van der Waals surface area (Å²) in [6.45, 7) is 3.55. The Morgan fingerprint density at radius 1 is 1.12 bits per heavy atom. The molecule has 25 heavy (non-hydrogen) atoms. The molecule has 2 aliphatic heterocycles. The Morgan fingerprint density at radius 3 is 2.68 bits per heavy atom. The van der Waals surface area contributed by atoms with E-state index >= 15 is 0 Å². The van der Waals surface area contributed by atoms with E-state index in [-0.39, 0.29) is 5.56 Å². The van der Waals surface area contributed by atoms with Gasteiger partial charge in [-0.05, 0) is 36.1 Å². The molecule has 2 bridgehead atoms. The van der Waals surface area contributed by atoms with Crippen LogP contribution < -0.4 is 11.0 Å². The highest BCUT2D eigenvalue weighted by Gasteiger charge is 2.34. The van der Waals surface area contributed by atoms with Gasteiger partial charge in [-0.2, -0.15) is 0 Å². The Hall–Kier alpha value is -2.44. The maximum atomic E-state index is 12.1. The average Bonchev–Trinajstić information content (AvgIpc) is 2.62. The predicted octanol–water partition coefficient (Wildman–Crippen LogP) is 1.59. The Labute approximate surface area is 145 Å². The van der Waals surface area contributed by atoms with Crippen molar-refractivity contribution in [1.82, 2.24) is 14.9 Å². The van der Waals surface area contributed by atoms with Crippen LogP contribution >= 0.6 is 0 Å². The molecule has 0 spiro atoms. The minimum absolute atomic E-state index is 0.110. The van der Waals surface area contributed by atoms with Crippen LogP contribution in [-0.4, -0.2) is 33.7 Å². The fourth-order valence-electron chi connectivity index (χ4n) is 4.21. The molecule has 1 fully saturated rings. The molecule has 0 aliphatic carbocycles. The van der Waals surface area contributed by atoms with Gasteiger partial charge in [0.2, 0.25) is 0 Å². The van der Waals surface area contributed by atoms with E-state index in [0.717, 1.165) is 43.9 Å². The van der Waals surface area contributed by atoms with Gasteiger partial charge in [-0.3, -0.25) is 19.7 Å². The Morgan fingerprint density at radius 2 is 1.92 bits per heavy atom. The fraction of sp³-hybridized carbons (Fsp3) is 0.368. The summed E-state index contributed by atoms with van der Waals surface area (Å²) in [6, 6.07) is 12.9. The highest BCUT2D eigenvalue weighted by molar-refractivity contribution is 5.93. The summed E-state index contributed by atoms with van der Waals surface area (Å²) < 4.78 is 1.94. The minimum Gasteiger partial charge on any atom is -0.312 e. The first-order valence-electron chi connectivity index (χ1n) is 8.59. The number of nitrogens with one attached hydrogen (secondary N) is 1. The van der Waals surface area contributed by atoms with E-state index < -0.39 is 5.91 Å². The number of rotatable bonds is 3. The molecule has 4 rings (SSSR count). The van der Waals surface area contributed by atoms with Gasteiger partial charge in [-0.25, -0.2) is 5.48 Å². The molecular formula is C19H21N3O3. The Bertz CT molecular complexity index is 844. The van der Waals surface area contributed by atoms with Crippen molar-refractivity contribution in [2.24, 2.45) is 5.92 Å². The summed E-state index contributed by atoms with van der Waals surface area (Å²) in [7, 11) is 0. The van der Waals surface area contributed by atoms with Crippen molar-refractivity contribution in [3.63, 3.8) is 0 Å². The van der Waals surface area contributed by atoms with Crippen LogP contribution in [0.25, 0.3) is 0 Å². The molecule has 0 radical (unpaired) electrons. The lowest BCUT2D eigenvalue weighted by atomic mass is 9.83. The smallest absolute Gasteiger partial charge is 0.274 e. The third-order valence-corrected chi connectivity index (χ3v) is 5.28. The van der Waals surface area contributed by atoms with Gasteiger partial charge in [0.05, 0.1) is 0 Å². The normalized spacial score (nSPS) is 22.3. The van der Waals surface area contributed by atoms with Crippen LogP contribution in [0.5, 0.6) is 0 Å². The number of likely N-dealkylation sites (tertiary alicyclic amines) is 1. The Kier molecular flexibility index (Phi) is 4.15. The molecule has 6 nitrogen and oxygen atoms in total. The zero-order valence-electron chi connectivity index (χ0n) is 13.9. The van der Waals surface area contributed by atoms with Crippen molar-refractivity contribution in [3.05, 3.63) is 69.6 Å². The maximum absolute atomic E-state index is 12.1. The van der Waals surface area contributed by atoms with Crippen molar-refractivity contribution >= 4 is 5.91 Å². The van der Waals surface area contributed by atoms with Crippen LogP contribution in [0.2, 0.25) is 0 Å². The molecule has 0 saturated carbocycles. The molecule has 0 unspecified atom stereocenters. The van der Waals surface area contributed by atoms with Crippen LogP contribution in [0, 0.1) is 5.92 Å². The largest absolute Gasteiger partial charge is 0.312 e. The van der Waals surface area contributed by atoms with Crippen molar-refractivity contribution in [3.8, 4) is 0 Å². The van der Waals surface area contributed by atoms with Gasteiger partial charge in [0.15, 0.2) is 0 Å². The summed E-state index contributed by atoms with van der Waals surface area (Å²) in [4.78, 5) is 25.9. The summed E-state index contributed by atoms with van der Waals surface area (Å²) in [5.41, 5.74) is 4.49. The van der Waals surface area contributed by atoms with Crippen LogP contribution in [0.3, 0.4) is 0 Å². The number of carbonyl (C=O) groups is 1. The maximum Gasteiger partial charge on any atom is 0.274 e. The number of hydrogen-bond donors (Lipinski definition) is 2. The van der Waals surface area contributed by atoms with E-state index in [9.17, 15) is 9.59 Å². The molecule has 2 atom stereocenters. The van der Waals surface area contributed by atoms with E-state index in [1.165, 1.54) is 0 Å². The molecule has 1 aromatic carbocycles. The summed E-state index contributed by atoms with van der Waals surface area (Å²) >= 11 is 0. The van der Waals surface area contributed by atoms with Crippen molar-refractivity contribution in [2.75, 3.05) is 13.1 Å². The van der Waals surface area contributed by atoms with Crippen LogP contribution in [-0.2, 0) is 13.1 Å². The van der Waals surface area contributed by atoms with E-state index in [4.69, 9.17) is 5.21 Å². The molecule has 1 aromatic heterocycles. The number of hydroxylamine groups is 1. The summed E-state index contributed by atoms with van der Waals surface area (Å²) in [5.74, 6) is 0.410. The molecular weight excluding hydrogens is 318 g/mol.